The Morgan fingerprint density at radius 1 is 0.584 bits per heavy atom. The minimum absolute atomic E-state index is 0.196. The molecular weight excluding hydrogens is 1160 g/mol. The number of hydrogen-bond acceptors (Lipinski definition) is 20. The zero-order valence-corrected chi connectivity index (χ0v) is 54.0. The first-order valence-electron chi connectivity index (χ1n) is 34.2. The molecule has 2 amide bonds. The molecular formula is C66H120N2O21. The Kier molecular flexibility index (Phi) is 42.6. The fourth-order valence-corrected chi connectivity index (χ4v) is 11.9. The lowest BCUT2D eigenvalue weighted by atomic mass is 9.88. The molecule has 0 aromatic carbocycles. The van der Waals surface area contributed by atoms with Crippen molar-refractivity contribution in [2.75, 3.05) is 26.4 Å². The largest absolute Gasteiger partial charge is 0.477 e. The lowest BCUT2D eigenvalue weighted by Gasteiger charge is -2.50. The van der Waals surface area contributed by atoms with E-state index < -0.39 is 155 Å². The third kappa shape index (κ3) is 30.0. The van der Waals surface area contributed by atoms with E-state index in [1.54, 1.807) is 6.08 Å². The Hall–Kier alpha value is -2.79. The SMILES string of the molecule is CCCCCCCCCC/C=C\CCCCCCCCCC(=O)NC(COC1OC(CO)C(OC2OC(CO)C(O)C(OC3(C(=O)O)CC(O)C(NC(C)=O)C(C(O)C(O)CO)O3)C2O)C(O)C1O)C(O)/C=C/CCCCCCCCCCCCCCCC. The van der Waals surface area contributed by atoms with Gasteiger partial charge in [0, 0.05) is 19.8 Å². The van der Waals surface area contributed by atoms with E-state index in [0.717, 1.165) is 77.6 Å². The highest BCUT2D eigenvalue weighted by Gasteiger charge is 2.60. The van der Waals surface area contributed by atoms with Crippen molar-refractivity contribution in [2.45, 2.75) is 349 Å². The van der Waals surface area contributed by atoms with Gasteiger partial charge in [0.15, 0.2) is 12.6 Å². The number of aliphatic carboxylic acids is 1. The summed E-state index contributed by atoms with van der Waals surface area (Å²) in [6.07, 6.45) is 16.5. The highest BCUT2D eigenvalue weighted by molar-refractivity contribution is 5.77. The van der Waals surface area contributed by atoms with Crippen molar-refractivity contribution in [1.29, 1.82) is 0 Å². The average Bonchev–Trinajstić information content (AvgIpc) is 1.83. The van der Waals surface area contributed by atoms with Gasteiger partial charge in [-0.3, -0.25) is 9.59 Å². The Balaban J connectivity index is 1.62. The Morgan fingerprint density at radius 3 is 1.53 bits per heavy atom. The van der Waals surface area contributed by atoms with Gasteiger partial charge < -0.3 is 100 Å². The molecule has 3 fully saturated rings. The number of carboxylic acids is 1. The summed E-state index contributed by atoms with van der Waals surface area (Å²) in [6, 6.07) is -2.62. The molecule has 23 nitrogen and oxygen atoms in total. The van der Waals surface area contributed by atoms with E-state index >= 15 is 0 Å². The van der Waals surface area contributed by atoms with Crippen LogP contribution >= 0.6 is 0 Å². The number of carboxylic acid groups (broad SMARTS) is 1. The molecule has 3 aliphatic rings. The quantitative estimate of drug-likeness (QED) is 0.0257. The van der Waals surface area contributed by atoms with Gasteiger partial charge in [-0.2, -0.15) is 0 Å². The minimum atomic E-state index is -3.08. The van der Waals surface area contributed by atoms with Gasteiger partial charge in [-0.1, -0.05) is 199 Å². The van der Waals surface area contributed by atoms with Gasteiger partial charge in [-0.05, 0) is 44.9 Å². The number of amides is 2. The molecule has 3 heterocycles. The number of unbranched alkanes of at least 4 members (excludes halogenated alkanes) is 29. The van der Waals surface area contributed by atoms with Crippen LogP contribution in [0.1, 0.15) is 239 Å². The highest BCUT2D eigenvalue weighted by Crippen LogP contribution is 2.39. The molecule has 0 aromatic heterocycles. The van der Waals surface area contributed by atoms with E-state index in [9.17, 15) is 75.7 Å². The third-order valence-electron chi connectivity index (χ3n) is 17.4. The van der Waals surface area contributed by atoms with Crippen molar-refractivity contribution in [2.24, 2.45) is 0 Å². The normalized spacial score (nSPS) is 28.9. The fourth-order valence-electron chi connectivity index (χ4n) is 11.9. The van der Waals surface area contributed by atoms with Crippen LogP contribution in [0.5, 0.6) is 0 Å². The fraction of sp³-hybridized carbons (Fsp3) is 0.894. The maximum Gasteiger partial charge on any atom is 0.364 e. The van der Waals surface area contributed by atoms with Crippen LogP contribution in [0.4, 0.5) is 0 Å². The highest BCUT2D eigenvalue weighted by atomic mass is 16.8. The molecule has 23 heteroatoms. The summed E-state index contributed by atoms with van der Waals surface area (Å²) < 4.78 is 34.8. The second-order valence-corrected chi connectivity index (χ2v) is 25.0. The molecule has 18 unspecified atom stereocenters. The number of aliphatic hydroxyl groups is 11. The molecule has 0 radical (unpaired) electrons. The van der Waals surface area contributed by atoms with Crippen LogP contribution in [0.25, 0.3) is 0 Å². The number of nitrogens with one attached hydrogen (secondary N) is 2. The first kappa shape index (κ1) is 80.4. The van der Waals surface area contributed by atoms with Crippen LogP contribution in [0.15, 0.2) is 24.3 Å². The summed E-state index contributed by atoms with van der Waals surface area (Å²) in [6.45, 7) is 2.13. The summed E-state index contributed by atoms with van der Waals surface area (Å²) >= 11 is 0. The van der Waals surface area contributed by atoms with E-state index in [1.807, 2.05) is 6.08 Å². The molecule has 18 atom stereocenters. The van der Waals surface area contributed by atoms with Crippen molar-refractivity contribution in [3.05, 3.63) is 24.3 Å². The van der Waals surface area contributed by atoms with Crippen LogP contribution in [0.3, 0.4) is 0 Å². The van der Waals surface area contributed by atoms with Gasteiger partial charge in [0.1, 0.15) is 67.1 Å². The number of hydrogen-bond donors (Lipinski definition) is 14. The van der Waals surface area contributed by atoms with E-state index in [4.69, 9.17) is 28.4 Å². The number of allylic oxidation sites excluding steroid dienone is 3. The first-order chi connectivity index (χ1) is 42.9. The van der Waals surface area contributed by atoms with Crippen molar-refractivity contribution in [1.82, 2.24) is 10.6 Å². The number of carbonyl (C=O) groups is 3. The molecule has 3 saturated heterocycles. The van der Waals surface area contributed by atoms with Gasteiger partial charge in [-0.25, -0.2) is 4.79 Å². The van der Waals surface area contributed by atoms with Crippen LogP contribution in [0.2, 0.25) is 0 Å². The maximum absolute atomic E-state index is 13.4. The number of carbonyl (C=O) groups excluding carboxylic acids is 2. The lowest BCUT2D eigenvalue weighted by molar-refractivity contribution is -0.386. The second kappa shape index (κ2) is 47.1. The first-order valence-corrected chi connectivity index (χ1v) is 34.2. The number of aliphatic hydroxyl groups excluding tert-OH is 11. The standard InChI is InChI=1S/C66H120N2O21/c1-4-6-8-10-12-14-16-18-20-22-23-24-26-28-30-32-34-36-38-40-53(76)68-47(48(73)39-37-35-33-31-29-27-25-21-19-17-15-13-11-9-7-5-2)45-84-63-58(80)57(79)60(52(44-71)86-63)87-64-59(81)62(56(78)51(43-70)85-64)89-66(65(82)83)41-49(74)54(67-46(3)72)61(88-66)55(77)50(75)42-69/h22-23,37,39,47-52,54-64,69-71,73-75,77-81H,4-21,24-36,38,40-45H2,1-3H3,(H,67,72)(H,68,76)(H,82,83)/b23-22-,39-37+. The van der Waals surface area contributed by atoms with Crippen LogP contribution in [-0.4, -0.2) is 215 Å². The Labute approximate surface area is 530 Å². The van der Waals surface area contributed by atoms with Crippen LogP contribution < -0.4 is 10.6 Å². The molecule has 0 aromatic rings. The smallest absolute Gasteiger partial charge is 0.364 e. The Bertz CT molecular complexity index is 1900. The van der Waals surface area contributed by atoms with Gasteiger partial charge in [-0.15, -0.1) is 0 Å². The number of rotatable bonds is 51. The summed E-state index contributed by atoms with van der Waals surface area (Å²) in [5.41, 5.74) is 0. The summed E-state index contributed by atoms with van der Waals surface area (Å²) in [5.74, 6) is -6.15. The van der Waals surface area contributed by atoms with E-state index in [1.165, 1.54) is 122 Å². The number of ether oxygens (including phenoxy) is 6. The molecule has 520 valence electrons. The molecule has 0 saturated carbocycles. The monoisotopic (exact) mass is 1280 g/mol. The molecule has 14 N–H and O–H groups in total. The van der Waals surface area contributed by atoms with Gasteiger partial charge in [0.05, 0.1) is 50.7 Å². The van der Waals surface area contributed by atoms with Crippen molar-refractivity contribution < 1.29 is 104 Å². The van der Waals surface area contributed by atoms with Gasteiger partial charge in [0.2, 0.25) is 11.8 Å². The summed E-state index contributed by atoms with van der Waals surface area (Å²) in [4.78, 5) is 38.5. The summed E-state index contributed by atoms with van der Waals surface area (Å²) in [5, 5.41) is 136. The van der Waals surface area contributed by atoms with E-state index in [-0.39, 0.29) is 12.3 Å². The van der Waals surface area contributed by atoms with E-state index in [0.29, 0.717) is 12.8 Å². The average molecular weight is 1280 g/mol. The van der Waals surface area contributed by atoms with Crippen molar-refractivity contribution in [3.63, 3.8) is 0 Å². The molecule has 3 aliphatic heterocycles. The zero-order valence-electron chi connectivity index (χ0n) is 54.0. The van der Waals surface area contributed by atoms with Gasteiger partial charge >= 0.3 is 5.97 Å². The molecule has 89 heavy (non-hydrogen) atoms. The summed E-state index contributed by atoms with van der Waals surface area (Å²) in [7, 11) is 0. The molecule has 0 bridgehead atoms. The van der Waals surface area contributed by atoms with E-state index in [2.05, 4.69) is 36.6 Å². The maximum atomic E-state index is 13.4. The molecule has 0 spiro atoms. The molecule has 0 aliphatic carbocycles. The Morgan fingerprint density at radius 2 is 1.06 bits per heavy atom. The lowest BCUT2D eigenvalue weighted by Crippen LogP contribution is -2.70. The predicted octanol–water partition coefficient (Wildman–Crippen LogP) is 5.67. The third-order valence-corrected chi connectivity index (χ3v) is 17.4. The second-order valence-electron chi connectivity index (χ2n) is 25.0. The minimum Gasteiger partial charge on any atom is -0.477 e. The predicted molar refractivity (Wildman–Crippen MR) is 334 cm³/mol. The molecule has 3 rings (SSSR count). The van der Waals surface area contributed by atoms with Crippen LogP contribution in [-0.2, 0) is 42.8 Å². The van der Waals surface area contributed by atoms with Crippen LogP contribution in [0, 0.1) is 0 Å². The topological polar surface area (TPSA) is 373 Å². The van der Waals surface area contributed by atoms with Crippen molar-refractivity contribution >= 4 is 17.8 Å². The van der Waals surface area contributed by atoms with Crippen molar-refractivity contribution in [3.8, 4) is 0 Å². The zero-order chi connectivity index (χ0) is 65.4. The van der Waals surface area contributed by atoms with Gasteiger partial charge in [0.25, 0.3) is 5.79 Å².